The van der Waals surface area contributed by atoms with Crippen LogP contribution in [0.1, 0.15) is 17.3 Å². The van der Waals surface area contributed by atoms with Crippen molar-refractivity contribution in [1.82, 2.24) is 4.90 Å². The van der Waals surface area contributed by atoms with Gasteiger partial charge in [0.15, 0.2) is 0 Å². The van der Waals surface area contributed by atoms with Gasteiger partial charge in [0.1, 0.15) is 12.3 Å². The number of rotatable bonds is 6. The summed E-state index contributed by atoms with van der Waals surface area (Å²) in [4.78, 5) is 34.0. The highest BCUT2D eigenvalue weighted by Gasteiger charge is 2.22. The summed E-state index contributed by atoms with van der Waals surface area (Å²) in [5, 5.41) is 19.4. The molecule has 0 aromatic heterocycles. The van der Waals surface area contributed by atoms with Gasteiger partial charge < -0.3 is 14.7 Å². The first kappa shape index (κ1) is 15.4. The molecule has 0 spiro atoms. The van der Waals surface area contributed by atoms with Crippen molar-refractivity contribution in [2.75, 3.05) is 20.2 Å². The van der Waals surface area contributed by atoms with Gasteiger partial charge in [0, 0.05) is 12.6 Å². The molecule has 0 radical (unpaired) electrons. The Hall–Kier alpha value is -2.64. The summed E-state index contributed by atoms with van der Waals surface area (Å²) in [6.07, 6.45) is 0. The van der Waals surface area contributed by atoms with Crippen LogP contribution in [-0.4, -0.2) is 47.0 Å². The largest absolute Gasteiger partial charge is 0.496 e. The van der Waals surface area contributed by atoms with Crippen molar-refractivity contribution in [2.24, 2.45) is 0 Å². The molecular formula is C12H14N2O6. The second kappa shape index (κ2) is 6.50. The number of likely N-dealkylation sites (N-methyl/N-ethyl adjacent to an activating group) is 1. The highest BCUT2D eigenvalue weighted by Crippen LogP contribution is 2.25. The lowest BCUT2D eigenvalue weighted by atomic mass is 10.1. The Morgan fingerprint density at radius 1 is 1.45 bits per heavy atom. The summed E-state index contributed by atoms with van der Waals surface area (Å²) in [6.45, 7) is 1.39. The minimum atomic E-state index is -1.14. The number of hydrogen-bond acceptors (Lipinski definition) is 5. The number of nitro groups is 1. The van der Waals surface area contributed by atoms with Gasteiger partial charge in [-0.1, -0.05) is 0 Å². The van der Waals surface area contributed by atoms with E-state index in [0.29, 0.717) is 0 Å². The number of carboxylic acids is 1. The van der Waals surface area contributed by atoms with Crippen LogP contribution in [0.25, 0.3) is 0 Å². The van der Waals surface area contributed by atoms with E-state index in [9.17, 15) is 19.7 Å². The molecule has 0 bridgehead atoms. The zero-order valence-corrected chi connectivity index (χ0v) is 11.0. The van der Waals surface area contributed by atoms with Crippen LogP contribution in [0.15, 0.2) is 18.2 Å². The lowest BCUT2D eigenvalue weighted by molar-refractivity contribution is -0.384. The number of amides is 1. The molecule has 1 amide bonds. The number of non-ortho nitro benzene ring substituents is 1. The van der Waals surface area contributed by atoms with Crippen molar-refractivity contribution in [3.63, 3.8) is 0 Å². The van der Waals surface area contributed by atoms with E-state index in [1.807, 2.05) is 0 Å². The second-order valence-corrected chi connectivity index (χ2v) is 3.85. The highest BCUT2D eigenvalue weighted by molar-refractivity contribution is 5.98. The van der Waals surface area contributed by atoms with Crippen LogP contribution in [0.5, 0.6) is 5.75 Å². The first-order valence-electron chi connectivity index (χ1n) is 5.74. The standard InChI is InChI=1S/C12H14N2O6/c1-3-13(7-11(15)16)12(17)9-5-4-8(14(18)19)6-10(9)20-2/h4-6H,3,7H2,1-2H3,(H,15,16). The summed E-state index contributed by atoms with van der Waals surface area (Å²) in [7, 11) is 1.28. The lowest BCUT2D eigenvalue weighted by Gasteiger charge is -2.19. The summed E-state index contributed by atoms with van der Waals surface area (Å²) < 4.78 is 4.96. The number of hydrogen-bond donors (Lipinski definition) is 1. The molecule has 0 unspecified atom stereocenters. The normalized spacial score (nSPS) is 9.90. The van der Waals surface area contributed by atoms with E-state index in [2.05, 4.69) is 0 Å². The van der Waals surface area contributed by atoms with E-state index in [-0.39, 0.29) is 23.5 Å². The van der Waals surface area contributed by atoms with Gasteiger partial charge in [-0.15, -0.1) is 0 Å². The molecule has 0 aliphatic carbocycles. The van der Waals surface area contributed by atoms with Crippen molar-refractivity contribution < 1.29 is 24.4 Å². The Bertz CT molecular complexity index is 543. The van der Waals surface area contributed by atoms with Crippen LogP contribution in [0.4, 0.5) is 5.69 Å². The predicted molar refractivity (Wildman–Crippen MR) is 68.9 cm³/mol. The number of carbonyl (C=O) groups excluding carboxylic acids is 1. The van der Waals surface area contributed by atoms with Crippen LogP contribution in [0.2, 0.25) is 0 Å². The molecule has 1 rings (SSSR count). The molecule has 1 aromatic rings. The average molecular weight is 282 g/mol. The molecule has 0 aliphatic heterocycles. The van der Waals surface area contributed by atoms with Crippen molar-refractivity contribution in [1.29, 1.82) is 0 Å². The van der Waals surface area contributed by atoms with Crippen molar-refractivity contribution in [3.05, 3.63) is 33.9 Å². The molecule has 1 aromatic carbocycles. The second-order valence-electron chi connectivity index (χ2n) is 3.85. The Morgan fingerprint density at radius 2 is 2.10 bits per heavy atom. The highest BCUT2D eigenvalue weighted by atomic mass is 16.6. The fourth-order valence-electron chi connectivity index (χ4n) is 1.63. The van der Waals surface area contributed by atoms with E-state index in [4.69, 9.17) is 9.84 Å². The summed E-state index contributed by atoms with van der Waals surface area (Å²) in [6, 6.07) is 3.55. The molecule has 0 saturated heterocycles. The predicted octanol–water partition coefficient (Wildman–Crippen LogP) is 1.15. The topological polar surface area (TPSA) is 110 Å². The van der Waals surface area contributed by atoms with Gasteiger partial charge in [0.25, 0.3) is 11.6 Å². The number of benzene rings is 1. The van der Waals surface area contributed by atoms with Gasteiger partial charge in [-0.05, 0) is 13.0 Å². The summed E-state index contributed by atoms with van der Waals surface area (Å²) in [5.41, 5.74) is -0.124. The molecule has 108 valence electrons. The minimum Gasteiger partial charge on any atom is -0.496 e. The third kappa shape index (κ3) is 3.44. The molecule has 20 heavy (non-hydrogen) atoms. The van der Waals surface area contributed by atoms with E-state index in [1.54, 1.807) is 6.92 Å². The molecule has 0 atom stereocenters. The van der Waals surface area contributed by atoms with Crippen molar-refractivity contribution >= 4 is 17.6 Å². The Kier molecular flexibility index (Phi) is 5.01. The third-order valence-corrected chi connectivity index (χ3v) is 2.62. The fraction of sp³-hybridized carbons (Fsp3) is 0.333. The van der Waals surface area contributed by atoms with Gasteiger partial charge in [-0.2, -0.15) is 0 Å². The van der Waals surface area contributed by atoms with Gasteiger partial charge in [-0.3, -0.25) is 19.7 Å². The van der Waals surface area contributed by atoms with Crippen molar-refractivity contribution in [2.45, 2.75) is 6.92 Å². The smallest absolute Gasteiger partial charge is 0.323 e. The molecule has 0 aliphatic rings. The van der Waals surface area contributed by atoms with Crippen LogP contribution in [0.3, 0.4) is 0 Å². The maximum absolute atomic E-state index is 12.2. The lowest BCUT2D eigenvalue weighted by Crippen LogP contribution is -2.35. The fourth-order valence-corrected chi connectivity index (χ4v) is 1.63. The Labute approximate surface area is 114 Å². The van der Waals surface area contributed by atoms with Gasteiger partial charge in [0.05, 0.1) is 23.7 Å². The van der Waals surface area contributed by atoms with Crippen LogP contribution >= 0.6 is 0 Å². The Balaban J connectivity index is 3.14. The average Bonchev–Trinajstić information content (AvgIpc) is 2.42. The first-order valence-corrected chi connectivity index (χ1v) is 5.74. The monoisotopic (exact) mass is 282 g/mol. The summed E-state index contributed by atoms with van der Waals surface area (Å²) >= 11 is 0. The maximum Gasteiger partial charge on any atom is 0.323 e. The Morgan fingerprint density at radius 3 is 2.55 bits per heavy atom. The van der Waals surface area contributed by atoms with Gasteiger partial charge in [-0.25, -0.2) is 0 Å². The zero-order chi connectivity index (χ0) is 15.3. The molecule has 0 fully saturated rings. The molecule has 1 N–H and O–H groups in total. The number of ether oxygens (including phenoxy) is 1. The minimum absolute atomic E-state index is 0.0352. The quantitative estimate of drug-likeness (QED) is 0.619. The number of nitro benzene ring substituents is 1. The molecule has 8 nitrogen and oxygen atoms in total. The maximum atomic E-state index is 12.2. The molecular weight excluding hydrogens is 268 g/mol. The number of carboxylic acid groups (broad SMARTS) is 1. The number of methoxy groups -OCH3 is 1. The van der Waals surface area contributed by atoms with Crippen LogP contribution < -0.4 is 4.74 Å². The van der Waals surface area contributed by atoms with Crippen LogP contribution in [0, 0.1) is 10.1 Å². The summed E-state index contributed by atoms with van der Waals surface area (Å²) in [5.74, 6) is -1.66. The van der Waals surface area contributed by atoms with Gasteiger partial charge >= 0.3 is 5.97 Å². The van der Waals surface area contributed by atoms with Crippen LogP contribution in [-0.2, 0) is 4.79 Å². The van der Waals surface area contributed by atoms with E-state index < -0.39 is 23.3 Å². The van der Waals surface area contributed by atoms with E-state index in [0.717, 1.165) is 11.0 Å². The molecule has 0 heterocycles. The number of aliphatic carboxylic acids is 1. The van der Waals surface area contributed by atoms with E-state index in [1.165, 1.54) is 19.2 Å². The zero-order valence-electron chi connectivity index (χ0n) is 11.0. The molecule has 0 saturated carbocycles. The van der Waals surface area contributed by atoms with Gasteiger partial charge in [0.2, 0.25) is 0 Å². The first-order chi connectivity index (χ1) is 9.40. The molecule has 8 heteroatoms. The van der Waals surface area contributed by atoms with Crippen molar-refractivity contribution in [3.8, 4) is 5.75 Å². The third-order valence-electron chi connectivity index (χ3n) is 2.62. The van der Waals surface area contributed by atoms with E-state index >= 15 is 0 Å². The number of nitrogens with zero attached hydrogens (tertiary/aromatic N) is 2. The number of carbonyl (C=O) groups is 2. The SMILES string of the molecule is CCN(CC(=O)O)C(=O)c1ccc([N+](=O)[O-])cc1OC.